The van der Waals surface area contributed by atoms with Crippen LogP contribution in [0.15, 0.2) is 36.5 Å². The maximum atomic E-state index is 6.21. The predicted molar refractivity (Wildman–Crippen MR) is 147 cm³/mol. The number of nitrogens with zero attached hydrogens (tertiary/aromatic N) is 4. The zero-order chi connectivity index (χ0) is 25.3. The lowest BCUT2D eigenvalue weighted by atomic mass is 9.97. The molecular weight excluding hydrogens is 466 g/mol. The molecule has 1 N–H and O–H groups in total. The highest BCUT2D eigenvalue weighted by molar-refractivity contribution is 5.59. The minimum Gasteiger partial charge on any atom is -0.492 e. The number of piperidine rings is 1. The molecule has 0 amide bonds. The summed E-state index contributed by atoms with van der Waals surface area (Å²) in [4.78, 5) is 14.3. The summed E-state index contributed by atoms with van der Waals surface area (Å²) in [6, 6.07) is 6.16. The van der Waals surface area contributed by atoms with Crippen LogP contribution in [0.3, 0.4) is 0 Å². The van der Waals surface area contributed by atoms with Gasteiger partial charge in [0.1, 0.15) is 18.2 Å². The largest absolute Gasteiger partial charge is 0.492 e. The molecular formula is C29H41N5O3. The first-order chi connectivity index (χ1) is 18.2. The molecule has 2 saturated heterocycles. The van der Waals surface area contributed by atoms with E-state index < -0.39 is 0 Å². The Morgan fingerprint density at radius 3 is 2.81 bits per heavy atom. The average molecular weight is 508 g/mol. The van der Waals surface area contributed by atoms with Crippen LogP contribution in [0.4, 0.5) is 17.5 Å². The number of anilines is 3. The summed E-state index contributed by atoms with van der Waals surface area (Å²) in [6.45, 7) is 10.7. The van der Waals surface area contributed by atoms with Gasteiger partial charge in [-0.1, -0.05) is 12.2 Å². The molecule has 0 radical (unpaired) electrons. The van der Waals surface area contributed by atoms with Crippen LogP contribution < -0.4 is 15.0 Å². The van der Waals surface area contributed by atoms with Crippen molar-refractivity contribution in [1.82, 2.24) is 14.9 Å². The third kappa shape index (κ3) is 7.43. The SMILES string of the molecule is Cc1cnc2nc1N1CCC(CC1)COCC/C=C/COCc1cc(ccc1OCCN1CCCC1)N2. The molecule has 1 aromatic heterocycles. The molecule has 0 aliphatic carbocycles. The summed E-state index contributed by atoms with van der Waals surface area (Å²) >= 11 is 0. The first-order valence-corrected chi connectivity index (χ1v) is 13.9. The Labute approximate surface area is 221 Å². The van der Waals surface area contributed by atoms with Crippen molar-refractivity contribution in [3.05, 3.63) is 47.7 Å². The van der Waals surface area contributed by atoms with Gasteiger partial charge in [-0.3, -0.25) is 4.90 Å². The fourth-order valence-corrected chi connectivity index (χ4v) is 5.28. The van der Waals surface area contributed by atoms with Crippen LogP contribution in [0.25, 0.3) is 0 Å². The highest BCUT2D eigenvalue weighted by atomic mass is 16.5. The number of fused-ring (bicyclic) bond motifs is 9. The molecule has 2 aromatic rings. The number of benzene rings is 1. The van der Waals surface area contributed by atoms with Gasteiger partial charge in [0, 0.05) is 49.3 Å². The van der Waals surface area contributed by atoms with Crippen molar-refractivity contribution in [2.75, 3.05) is 69.4 Å². The fourth-order valence-electron chi connectivity index (χ4n) is 5.28. The van der Waals surface area contributed by atoms with Crippen LogP contribution >= 0.6 is 0 Å². The summed E-state index contributed by atoms with van der Waals surface area (Å²) in [7, 11) is 0. The van der Waals surface area contributed by atoms with E-state index in [2.05, 4.69) is 45.2 Å². The first kappa shape index (κ1) is 25.9. The lowest BCUT2D eigenvalue weighted by Gasteiger charge is -2.33. The molecule has 37 heavy (non-hydrogen) atoms. The van der Waals surface area contributed by atoms with Crippen LogP contribution in [0.5, 0.6) is 5.75 Å². The van der Waals surface area contributed by atoms with Crippen LogP contribution in [0.1, 0.15) is 43.2 Å². The molecule has 0 spiro atoms. The number of ether oxygens (including phenoxy) is 3. The highest BCUT2D eigenvalue weighted by Gasteiger charge is 2.22. The van der Waals surface area contributed by atoms with Crippen LogP contribution in [0.2, 0.25) is 0 Å². The van der Waals surface area contributed by atoms with Crippen molar-refractivity contribution in [3.63, 3.8) is 0 Å². The molecule has 5 heterocycles. The quantitative estimate of drug-likeness (QED) is 0.597. The smallest absolute Gasteiger partial charge is 0.229 e. The molecule has 0 atom stereocenters. The van der Waals surface area contributed by atoms with Gasteiger partial charge in [-0.2, -0.15) is 4.98 Å². The zero-order valence-electron chi connectivity index (χ0n) is 22.2. The van der Waals surface area contributed by atoms with Crippen molar-refractivity contribution >= 4 is 17.5 Å². The van der Waals surface area contributed by atoms with Gasteiger partial charge in [-0.05, 0) is 76.2 Å². The fraction of sp³-hybridized carbons (Fsp3) is 0.586. The van der Waals surface area contributed by atoms with E-state index in [-0.39, 0.29) is 0 Å². The van der Waals surface area contributed by atoms with E-state index in [1.807, 2.05) is 18.3 Å². The maximum absolute atomic E-state index is 6.21. The van der Waals surface area contributed by atoms with E-state index in [9.17, 15) is 0 Å². The highest BCUT2D eigenvalue weighted by Crippen LogP contribution is 2.28. The van der Waals surface area contributed by atoms with Crippen LogP contribution in [0, 0.1) is 12.8 Å². The number of rotatable bonds is 4. The third-order valence-electron chi connectivity index (χ3n) is 7.46. The summed E-state index contributed by atoms with van der Waals surface area (Å²) in [5, 5.41) is 3.42. The Morgan fingerprint density at radius 2 is 1.95 bits per heavy atom. The van der Waals surface area contributed by atoms with Gasteiger partial charge >= 0.3 is 0 Å². The average Bonchev–Trinajstić information content (AvgIpc) is 3.43. The van der Waals surface area contributed by atoms with Crippen molar-refractivity contribution in [2.45, 2.75) is 45.6 Å². The van der Waals surface area contributed by atoms with Crippen molar-refractivity contribution in [1.29, 1.82) is 0 Å². The summed E-state index contributed by atoms with van der Waals surface area (Å²) in [5.41, 5.74) is 3.05. The van der Waals surface area contributed by atoms with Crippen molar-refractivity contribution in [2.24, 2.45) is 5.92 Å². The van der Waals surface area contributed by atoms with Crippen molar-refractivity contribution < 1.29 is 14.2 Å². The second-order valence-electron chi connectivity index (χ2n) is 10.3. The monoisotopic (exact) mass is 507 g/mol. The van der Waals surface area contributed by atoms with Crippen LogP contribution in [-0.4, -0.2) is 74.0 Å². The normalized spacial score (nSPS) is 20.9. The molecule has 8 nitrogen and oxygen atoms in total. The Morgan fingerprint density at radius 1 is 1.08 bits per heavy atom. The molecule has 4 aliphatic heterocycles. The Hall–Kier alpha value is -2.68. The molecule has 2 fully saturated rings. The summed E-state index contributed by atoms with van der Waals surface area (Å²) < 4.78 is 18.2. The van der Waals surface area contributed by atoms with E-state index in [0.717, 1.165) is 80.5 Å². The number of likely N-dealkylation sites (tertiary alicyclic amines) is 1. The molecule has 200 valence electrons. The molecule has 0 unspecified atom stereocenters. The van der Waals surface area contributed by atoms with Gasteiger partial charge in [0.25, 0.3) is 0 Å². The van der Waals surface area contributed by atoms with E-state index in [0.29, 0.717) is 31.7 Å². The topological polar surface area (TPSA) is 72.0 Å². The Bertz CT molecular complexity index is 1030. The van der Waals surface area contributed by atoms with Gasteiger partial charge < -0.3 is 24.4 Å². The number of nitrogens with one attached hydrogen (secondary N) is 1. The summed E-state index contributed by atoms with van der Waals surface area (Å²) in [5.74, 6) is 3.11. The zero-order valence-corrected chi connectivity index (χ0v) is 22.2. The minimum atomic E-state index is 0.477. The Kier molecular flexibility index (Phi) is 9.27. The van der Waals surface area contributed by atoms with Gasteiger partial charge in [-0.15, -0.1) is 0 Å². The van der Waals surface area contributed by atoms with Gasteiger partial charge in [0.05, 0.1) is 19.8 Å². The number of hydrogen-bond acceptors (Lipinski definition) is 8. The van der Waals surface area contributed by atoms with E-state index in [1.165, 1.54) is 25.9 Å². The lowest BCUT2D eigenvalue weighted by Crippen LogP contribution is -2.36. The molecule has 6 rings (SSSR count). The lowest BCUT2D eigenvalue weighted by molar-refractivity contribution is 0.0935. The van der Waals surface area contributed by atoms with Gasteiger partial charge in [0.2, 0.25) is 5.95 Å². The summed E-state index contributed by atoms with van der Waals surface area (Å²) in [6.07, 6.45) is 11.9. The maximum Gasteiger partial charge on any atom is 0.229 e. The number of aromatic nitrogens is 2. The third-order valence-corrected chi connectivity index (χ3v) is 7.46. The molecule has 8 heteroatoms. The minimum absolute atomic E-state index is 0.477. The molecule has 0 saturated carbocycles. The van der Waals surface area contributed by atoms with Gasteiger partial charge in [0.15, 0.2) is 0 Å². The standard InChI is InChI=1S/C29H41N5O3/c1-23-20-30-29-31-26-7-8-27(37-18-15-33-11-3-4-12-33)25(19-26)22-36-17-6-2-5-16-35-21-24-9-13-34(14-10-24)28(23)32-29/h2,6-8,19-20,24H,3-5,9-18,21-22H2,1H3,(H,30,31,32)/b6-2+. The second-order valence-corrected chi connectivity index (χ2v) is 10.3. The van der Waals surface area contributed by atoms with Crippen molar-refractivity contribution in [3.8, 4) is 5.75 Å². The first-order valence-electron chi connectivity index (χ1n) is 13.9. The number of hydrogen-bond donors (Lipinski definition) is 1. The molecule has 4 aliphatic rings. The molecule has 1 aromatic carbocycles. The van der Waals surface area contributed by atoms with E-state index >= 15 is 0 Å². The second kappa shape index (κ2) is 13.2. The van der Waals surface area contributed by atoms with E-state index in [1.54, 1.807) is 0 Å². The number of aryl methyl sites for hydroxylation is 1. The van der Waals surface area contributed by atoms with E-state index in [4.69, 9.17) is 19.2 Å². The van der Waals surface area contributed by atoms with Crippen LogP contribution in [-0.2, 0) is 16.1 Å². The molecule has 6 bridgehead atoms. The predicted octanol–water partition coefficient (Wildman–Crippen LogP) is 4.71. The Balaban J connectivity index is 1.33. The van der Waals surface area contributed by atoms with Gasteiger partial charge in [-0.25, -0.2) is 4.98 Å².